The quantitative estimate of drug-likeness (QED) is 0.143. The lowest BCUT2D eigenvalue weighted by atomic mass is 9.86. The van der Waals surface area contributed by atoms with Crippen LogP contribution >= 0.6 is 30.4 Å². The van der Waals surface area contributed by atoms with Crippen molar-refractivity contribution in [3.8, 4) is 5.75 Å². The summed E-state index contributed by atoms with van der Waals surface area (Å²) < 4.78 is 11.0. The molecule has 0 radical (unpaired) electrons. The highest BCUT2D eigenvalue weighted by molar-refractivity contribution is 14.2. The van der Waals surface area contributed by atoms with E-state index in [4.69, 9.17) is 19.9 Å². The van der Waals surface area contributed by atoms with E-state index in [0.717, 1.165) is 25.2 Å². The van der Waals surface area contributed by atoms with Gasteiger partial charge < -0.3 is 8.92 Å². The molecule has 0 atom stereocenters. The van der Waals surface area contributed by atoms with Crippen LogP contribution in [-0.2, 0) is 4.18 Å². The summed E-state index contributed by atoms with van der Waals surface area (Å²) in [5.41, 5.74) is 7.60. The number of hydrogen-bond acceptors (Lipinski definition) is 5. The second kappa shape index (κ2) is 9.37. The minimum Gasteiger partial charge on any atom is -0.494 e. The molecule has 7 heteroatoms. The van der Waals surface area contributed by atoms with Crippen LogP contribution in [0.5, 0.6) is 5.75 Å². The number of ether oxygens (including phenoxy) is 1. The van der Waals surface area contributed by atoms with Crippen molar-refractivity contribution in [2.45, 2.75) is 26.7 Å². The molecule has 0 spiro atoms. The smallest absolute Gasteiger partial charge is 0.173 e. The Bertz CT molecular complexity index is 466. The van der Waals surface area contributed by atoms with Gasteiger partial charge in [-0.15, -0.1) is 5.11 Å². The summed E-state index contributed by atoms with van der Waals surface area (Å²) in [7, 11) is 1.37. The van der Waals surface area contributed by atoms with Gasteiger partial charge in [-0.1, -0.05) is 13.8 Å². The van der Waals surface area contributed by atoms with Crippen LogP contribution < -0.4 is 4.74 Å². The second-order valence-electron chi connectivity index (χ2n) is 5.38. The molecule has 0 heterocycles. The lowest BCUT2D eigenvalue weighted by molar-refractivity contribution is 0.192. The van der Waals surface area contributed by atoms with Crippen LogP contribution in [0.4, 0.5) is 0 Å². The summed E-state index contributed by atoms with van der Waals surface area (Å²) in [5, 5.41) is 10.5. The SMILES string of the molecule is CC(C)(CCOSI)CCOc1ccc(C(=N)N=N)cc1. The van der Waals surface area contributed by atoms with Gasteiger partial charge in [0.2, 0.25) is 0 Å². The Hall–Kier alpha value is -0.670. The van der Waals surface area contributed by atoms with Crippen molar-refractivity contribution < 1.29 is 8.92 Å². The number of nitrogens with one attached hydrogen (secondary N) is 2. The third-order valence-corrected chi connectivity index (χ3v) is 4.21. The minimum atomic E-state index is -0.0455. The molecular formula is C14H20IN3O2S. The predicted molar refractivity (Wildman–Crippen MR) is 94.5 cm³/mol. The van der Waals surface area contributed by atoms with E-state index < -0.39 is 0 Å². The standard InChI is InChI=1S/C14H20IN3O2S/c1-14(2,8-10-20-21-15)7-9-19-12-5-3-11(4-6-12)13(16)18-17/h3-6,16-17H,7-10H2,1-2H3. The normalized spacial score (nSPS) is 11.2. The van der Waals surface area contributed by atoms with Crippen molar-refractivity contribution in [2.24, 2.45) is 10.5 Å². The van der Waals surface area contributed by atoms with Crippen LogP contribution in [0.25, 0.3) is 0 Å². The zero-order chi connectivity index (χ0) is 15.7. The molecule has 0 bridgehead atoms. The Morgan fingerprint density at radius 3 is 2.43 bits per heavy atom. The maximum atomic E-state index is 7.44. The molecule has 1 aromatic carbocycles. The van der Waals surface area contributed by atoms with Gasteiger partial charge in [0, 0.05) is 26.8 Å². The maximum Gasteiger partial charge on any atom is 0.173 e. The molecule has 0 aliphatic carbocycles. The van der Waals surface area contributed by atoms with Gasteiger partial charge in [0.05, 0.1) is 22.4 Å². The Balaban J connectivity index is 2.38. The average Bonchev–Trinajstić information content (AvgIpc) is 2.47. The van der Waals surface area contributed by atoms with Crippen LogP contribution in [0.15, 0.2) is 29.4 Å². The number of nitrogens with zero attached hydrogens (tertiary/aromatic N) is 1. The van der Waals surface area contributed by atoms with Gasteiger partial charge in [-0.05, 0) is 42.5 Å². The molecule has 21 heavy (non-hydrogen) atoms. The largest absolute Gasteiger partial charge is 0.494 e. The fourth-order valence-corrected chi connectivity index (χ4v) is 2.38. The molecule has 1 rings (SSSR count). The van der Waals surface area contributed by atoms with Gasteiger partial charge in [0.1, 0.15) is 5.75 Å². The number of halogens is 1. The summed E-state index contributed by atoms with van der Waals surface area (Å²) in [6.07, 6.45) is 1.94. The van der Waals surface area contributed by atoms with Gasteiger partial charge >= 0.3 is 0 Å². The highest BCUT2D eigenvalue weighted by atomic mass is 127. The van der Waals surface area contributed by atoms with Gasteiger partial charge in [0.25, 0.3) is 0 Å². The summed E-state index contributed by atoms with van der Waals surface area (Å²) >= 11 is 2.12. The number of amidine groups is 1. The molecule has 0 unspecified atom stereocenters. The molecule has 0 saturated heterocycles. The fraction of sp³-hybridized carbons (Fsp3) is 0.500. The van der Waals surface area contributed by atoms with Crippen LogP contribution in [-0.4, -0.2) is 19.0 Å². The summed E-state index contributed by atoms with van der Waals surface area (Å²) in [6.45, 7) is 5.80. The number of hydrogen-bond donors (Lipinski definition) is 2. The van der Waals surface area contributed by atoms with E-state index in [1.807, 2.05) is 0 Å². The summed E-state index contributed by atoms with van der Waals surface area (Å²) in [4.78, 5) is 0. The molecule has 0 aromatic heterocycles. The lowest BCUT2D eigenvalue weighted by Gasteiger charge is -2.24. The molecular weight excluding hydrogens is 401 g/mol. The van der Waals surface area contributed by atoms with Gasteiger partial charge in [-0.25, -0.2) is 5.53 Å². The van der Waals surface area contributed by atoms with Crippen molar-refractivity contribution in [2.75, 3.05) is 13.2 Å². The van der Waals surface area contributed by atoms with Crippen LogP contribution in [0.1, 0.15) is 32.3 Å². The Morgan fingerprint density at radius 2 is 1.86 bits per heavy atom. The monoisotopic (exact) mass is 421 g/mol. The highest BCUT2D eigenvalue weighted by Crippen LogP contribution is 2.27. The van der Waals surface area contributed by atoms with Crippen molar-refractivity contribution in [1.82, 2.24) is 0 Å². The average molecular weight is 421 g/mol. The molecule has 5 nitrogen and oxygen atoms in total. The second-order valence-corrected chi connectivity index (χ2v) is 6.82. The lowest BCUT2D eigenvalue weighted by Crippen LogP contribution is -2.17. The molecule has 0 aliphatic heterocycles. The van der Waals surface area contributed by atoms with E-state index >= 15 is 0 Å². The number of benzene rings is 1. The number of rotatable bonds is 9. The zero-order valence-corrected chi connectivity index (χ0v) is 15.2. The molecule has 0 aliphatic rings. The van der Waals surface area contributed by atoms with Crippen molar-refractivity contribution in [1.29, 1.82) is 10.9 Å². The van der Waals surface area contributed by atoms with E-state index in [1.165, 1.54) is 9.21 Å². The van der Waals surface area contributed by atoms with E-state index in [1.54, 1.807) is 24.3 Å². The van der Waals surface area contributed by atoms with Crippen molar-refractivity contribution in [3.63, 3.8) is 0 Å². The third-order valence-electron chi connectivity index (χ3n) is 3.19. The topological polar surface area (TPSA) is 78.5 Å². The maximum absolute atomic E-state index is 7.44. The van der Waals surface area contributed by atoms with Gasteiger partial charge in [-0.2, -0.15) is 0 Å². The van der Waals surface area contributed by atoms with Crippen LogP contribution in [0.3, 0.4) is 0 Å². The van der Waals surface area contributed by atoms with Crippen molar-refractivity contribution >= 4 is 36.3 Å². The first kappa shape index (κ1) is 18.4. The molecule has 0 amide bonds. The molecule has 1 aromatic rings. The predicted octanol–water partition coefficient (Wildman–Crippen LogP) is 5.24. The Kier molecular flexibility index (Phi) is 8.20. The molecule has 2 N–H and O–H groups in total. The van der Waals surface area contributed by atoms with E-state index in [-0.39, 0.29) is 11.3 Å². The summed E-state index contributed by atoms with van der Waals surface area (Å²) in [5.74, 6) is 0.724. The fourth-order valence-electron chi connectivity index (χ4n) is 1.69. The van der Waals surface area contributed by atoms with E-state index in [2.05, 4.69) is 40.2 Å². The molecule has 116 valence electrons. The molecule has 0 saturated carbocycles. The van der Waals surface area contributed by atoms with Crippen molar-refractivity contribution in [3.05, 3.63) is 29.8 Å². The first-order valence-electron chi connectivity index (χ1n) is 6.58. The third kappa shape index (κ3) is 7.23. The van der Waals surface area contributed by atoms with Crippen LogP contribution in [0, 0.1) is 16.4 Å². The molecule has 0 fully saturated rings. The first-order valence-corrected chi connectivity index (χ1v) is 9.86. The van der Waals surface area contributed by atoms with Crippen LogP contribution in [0.2, 0.25) is 0 Å². The Morgan fingerprint density at radius 1 is 1.24 bits per heavy atom. The van der Waals surface area contributed by atoms with E-state index in [9.17, 15) is 0 Å². The highest BCUT2D eigenvalue weighted by Gasteiger charge is 2.17. The first-order chi connectivity index (χ1) is 9.98. The Labute approximate surface area is 142 Å². The summed E-state index contributed by atoms with van der Waals surface area (Å²) in [6, 6.07) is 7.09. The zero-order valence-electron chi connectivity index (χ0n) is 12.2. The van der Waals surface area contributed by atoms with Gasteiger partial charge in [-0.3, -0.25) is 5.41 Å². The van der Waals surface area contributed by atoms with E-state index in [0.29, 0.717) is 12.2 Å². The minimum absolute atomic E-state index is 0.0455. The van der Waals surface area contributed by atoms with Gasteiger partial charge in [0.15, 0.2) is 5.84 Å².